The van der Waals surface area contributed by atoms with E-state index in [0.717, 1.165) is 34.2 Å². The fourth-order valence-electron chi connectivity index (χ4n) is 2.63. The summed E-state index contributed by atoms with van der Waals surface area (Å²) in [5.74, 6) is 0.650. The molecule has 0 aromatic heterocycles. The van der Waals surface area contributed by atoms with Crippen LogP contribution in [0.3, 0.4) is 0 Å². The van der Waals surface area contributed by atoms with Crippen LogP contribution in [-0.2, 0) is 0 Å². The molecule has 1 N–H and O–H groups in total. The highest BCUT2D eigenvalue weighted by Gasteiger charge is 2.20. The van der Waals surface area contributed by atoms with E-state index < -0.39 is 0 Å². The number of halogens is 2. The molecule has 0 spiro atoms. The Bertz CT molecular complexity index is 659. The van der Waals surface area contributed by atoms with E-state index in [0.29, 0.717) is 12.3 Å². The molecule has 0 aliphatic carbocycles. The van der Waals surface area contributed by atoms with E-state index >= 15 is 0 Å². The van der Waals surface area contributed by atoms with Crippen molar-refractivity contribution in [2.75, 3.05) is 11.9 Å². The van der Waals surface area contributed by atoms with Gasteiger partial charge in [-0.1, -0.05) is 28.1 Å². The molecule has 1 aliphatic heterocycles. The summed E-state index contributed by atoms with van der Waals surface area (Å²) in [4.78, 5) is 0. The second-order valence-electron chi connectivity index (χ2n) is 5.35. The SMILES string of the molecule is Cc1ccc(F)c(NC2CCCOc3cc(Br)ccc32)c1. The van der Waals surface area contributed by atoms with Gasteiger partial charge in [-0.25, -0.2) is 4.39 Å². The maximum absolute atomic E-state index is 14.0. The van der Waals surface area contributed by atoms with Crippen LogP contribution in [0.2, 0.25) is 0 Å². The number of hydrogen-bond acceptors (Lipinski definition) is 2. The van der Waals surface area contributed by atoms with Crippen molar-refractivity contribution in [3.63, 3.8) is 0 Å². The van der Waals surface area contributed by atoms with Gasteiger partial charge in [-0.3, -0.25) is 0 Å². The molecule has 0 saturated heterocycles. The zero-order chi connectivity index (χ0) is 14.8. The lowest BCUT2D eigenvalue weighted by Gasteiger charge is -2.20. The molecule has 1 unspecified atom stereocenters. The van der Waals surface area contributed by atoms with Gasteiger partial charge in [-0.2, -0.15) is 0 Å². The monoisotopic (exact) mass is 349 g/mol. The maximum Gasteiger partial charge on any atom is 0.146 e. The van der Waals surface area contributed by atoms with Crippen LogP contribution in [0, 0.1) is 12.7 Å². The first-order chi connectivity index (χ1) is 10.1. The van der Waals surface area contributed by atoms with Crippen LogP contribution >= 0.6 is 15.9 Å². The van der Waals surface area contributed by atoms with Crippen molar-refractivity contribution >= 4 is 21.6 Å². The summed E-state index contributed by atoms with van der Waals surface area (Å²) in [6.07, 6.45) is 1.86. The molecule has 0 bridgehead atoms. The third-order valence-corrected chi connectivity index (χ3v) is 4.19. The van der Waals surface area contributed by atoms with E-state index in [1.54, 1.807) is 6.07 Å². The van der Waals surface area contributed by atoms with Gasteiger partial charge in [0.2, 0.25) is 0 Å². The van der Waals surface area contributed by atoms with Gasteiger partial charge in [0, 0.05) is 10.0 Å². The normalized spacial score (nSPS) is 17.6. The van der Waals surface area contributed by atoms with E-state index in [-0.39, 0.29) is 11.9 Å². The molecule has 2 aromatic rings. The van der Waals surface area contributed by atoms with Crippen LogP contribution in [0.15, 0.2) is 40.9 Å². The van der Waals surface area contributed by atoms with Gasteiger partial charge in [0.25, 0.3) is 0 Å². The number of hydrogen-bond donors (Lipinski definition) is 1. The molecule has 1 heterocycles. The van der Waals surface area contributed by atoms with Crippen molar-refractivity contribution in [2.24, 2.45) is 0 Å². The topological polar surface area (TPSA) is 21.3 Å². The molecule has 0 radical (unpaired) electrons. The predicted octanol–water partition coefficient (Wildman–Crippen LogP) is 5.22. The van der Waals surface area contributed by atoms with Gasteiger partial charge in [0.15, 0.2) is 0 Å². The lowest BCUT2D eigenvalue weighted by Crippen LogP contribution is -2.11. The molecular weight excluding hydrogens is 333 g/mol. The van der Waals surface area contributed by atoms with Crippen molar-refractivity contribution in [1.29, 1.82) is 0 Å². The van der Waals surface area contributed by atoms with E-state index in [1.165, 1.54) is 6.07 Å². The van der Waals surface area contributed by atoms with Crippen molar-refractivity contribution in [2.45, 2.75) is 25.8 Å². The Hall–Kier alpha value is -1.55. The number of anilines is 1. The lowest BCUT2D eigenvalue weighted by atomic mass is 10.0. The molecule has 0 saturated carbocycles. The van der Waals surface area contributed by atoms with Crippen LogP contribution in [0.1, 0.15) is 30.0 Å². The first kappa shape index (κ1) is 14.4. The van der Waals surface area contributed by atoms with Crippen molar-refractivity contribution in [3.8, 4) is 5.75 Å². The number of rotatable bonds is 2. The van der Waals surface area contributed by atoms with E-state index in [9.17, 15) is 4.39 Å². The van der Waals surface area contributed by atoms with Crippen molar-refractivity contribution < 1.29 is 9.13 Å². The highest BCUT2D eigenvalue weighted by atomic mass is 79.9. The number of fused-ring (bicyclic) bond motifs is 1. The summed E-state index contributed by atoms with van der Waals surface area (Å²) in [5.41, 5.74) is 2.67. The smallest absolute Gasteiger partial charge is 0.146 e. The van der Waals surface area contributed by atoms with Gasteiger partial charge < -0.3 is 10.1 Å². The first-order valence-corrected chi connectivity index (χ1v) is 7.88. The van der Waals surface area contributed by atoms with Crippen LogP contribution in [0.5, 0.6) is 5.75 Å². The third kappa shape index (κ3) is 3.21. The lowest BCUT2D eigenvalue weighted by molar-refractivity contribution is 0.316. The summed E-state index contributed by atoms with van der Waals surface area (Å²) in [5, 5.41) is 3.34. The quantitative estimate of drug-likeness (QED) is 0.802. The molecule has 2 aromatic carbocycles. The highest BCUT2D eigenvalue weighted by molar-refractivity contribution is 9.10. The second-order valence-corrected chi connectivity index (χ2v) is 6.27. The highest BCUT2D eigenvalue weighted by Crippen LogP contribution is 2.36. The van der Waals surface area contributed by atoms with Gasteiger partial charge in [0.1, 0.15) is 11.6 Å². The Morgan fingerprint density at radius 2 is 2.10 bits per heavy atom. The summed E-state index contributed by atoms with van der Waals surface area (Å²) in [6.45, 7) is 2.66. The van der Waals surface area contributed by atoms with Crippen molar-refractivity contribution in [3.05, 3.63) is 57.8 Å². The first-order valence-electron chi connectivity index (χ1n) is 7.08. The van der Waals surface area contributed by atoms with E-state index in [4.69, 9.17) is 4.74 Å². The summed E-state index contributed by atoms with van der Waals surface area (Å²) < 4.78 is 20.7. The average Bonchev–Trinajstić information content (AvgIpc) is 2.65. The van der Waals surface area contributed by atoms with Crippen LogP contribution in [-0.4, -0.2) is 6.61 Å². The van der Waals surface area contributed by atoms with Crippen LogP contribution in [0.4, 0.5) is 10.1 Å². The van der Waals surface area contributed by atoms with Gasteiger partial charge in [-0.15, -0.1) is 0 Å². The minimum absolute atomic E-state index is 0.0619. The van der Waals surface area contributed by atoms with E-state index in [1.807, 2.05) is 31.2 Å². The zero-order valence-electron chi connectivity index (χ0n) is 11.8. The van der Waals surface area contributed by atoms with Gasteiger partial charge in [-0.05, 0) is 49.6 Å². The van der Waals surface area contributed by atoms with Crippen LogP contribution in [0.25, 0.3) is 0 Å². The Morgan fingerprint density at radius 3 is 2.95 bits per heavy atom. The Balaban J connectivity index is 1.94. The molecule has 3 rings (SSSR count). The molecule has 1 aliphatic rings. The third-order valence-electron chi connectivity index (χ3n) is 3.70. The number of ether oxygens (including phenoxy) is 1. The second kappa shape index (κ2) is 6.06. The van der Waals surface area contributed by atoms with Gasteiger partial charge in [0.05, 0.1) is 18.3 Å². The predicted molar refractivity (Wildman–Crippen MR) is 86.4 cm³/mol. The molecule has 0 fully saturated rings. The van der Waals surface area contributed by atoms with E-state index in [2.05, 4.69) is 21.2 Å². The average molecular weight is 350 g/mol. The number of benzene rings is 2. The zero-order valence-corrected chi connectivity index (χ0v) is 13.4. The summed E-state index contributed by atoms with van der Waals surface area (Å²) >= 11 is 3.46. The minimum atomic E-state index is -0.218. The number of aryl methyl sites for hydroxylation is 1. The maximum atomic E-state index is 14.0. The molecule has 2 nitrogen and oxygen atoms in total. The van der Waals surface area contributed by atoms with Gasteiger partial charge >= 0.3 is 0 Å². The Kier molecular flexibility index (Phi) is 4.15. The molecule has 110 valence electrons. The molecule has 4 heteroatoms. The molecule has 21 heavy (non-hydrogen) atoms. The Morgan fingerprint density at radius 1 is 1.24 bits per heavy atom. The fourth-order valence-corrected chi connectivity index (χ4v) is 2.97. The summed E-state index contributed by atoms with van der Waals surface area (Å²) in [6, 6.07) is 11.2. The van der Waals surface area contributed by atoms with Crippen LogP contribution < -0.4 is 10.1 Å². The van der Waals surface area contributed by atoms with Crippen molar-refractivity contribution in [1.82, 2.24) is 0 Å². The fraction of sp³-hybridized carbons (Fsp3) is 0.294. The standard InChI is InChI=1S/C17H17BrFNO/c1-11-4-7-14(19)16(9-11)20-15-3-2-8-21-17-10-12(18)5-6-13(15)17/h4-7,9-10,15,20H,2-3,8H2,1H3. The Labute approximate surface area is 132 Å². The summed E-state index contributed by atoms with van der Waals surface area (Å²) in [7, 11) is 0. The molecule has 1 atom stereocenters. The molecule has 0 amide bonds. The minimum Gasteiger partial charge on any atom is -0.493 e. The molecular formula is C17H17BrFNO. The number of nitrogens with one attached hydrogen (secondary N) is 1. The largest absolute Gasteiger partial charge is 0.493 e.